The van der Waals surface area contributed by atoms with E-state index in [0.29, 0.717) is 5.88 Å². The summed E-state index contributed by atoms with van der Waals surface area (Å²) >= 11 is 0. The first kappa shape index (κ1) is 11.7. The quantitative estimate of drug-likeness (QED) is 0.842. The van der Waals surface area contributed by atoms with Gasteiger partial charge in [0, 0.05) is 12.7 Å². The summed E-state index contributed by atoms with van der Waals surface area (Å²) < 4.78 is 5.30. The third-order valence-corrected chi connectivity index (χ3v) is 3.17. The van der Waals surface area contributed by atoms with E-state index in [1.54, 1.807) is 7.11 Å². The molecule has 1 aliphatic rings. The molecule has 0 N–H and O–H groups in total. The molecule has 3 rings (SSSR count). The van der Waals surface area contributed by atoms with E-state index in [4.69, 9.17) is 4.74 Å². The van der Waals surface area contributed by atoms with Crippen LogP contribution in [-0.2, 0) is 13.1 Å². The summed E-state index contributed by atoms with van der Waals surface area (Å²) in [7, 11) is 1.64. The van der Waals surface area contributed by atoms with Crippen molar-refractivity contribution in [3.63, 3.8) is 0 Å². The predicted octanol–water partition coefficient (Wildman–Crippen LogP) is 2.47. The summed E-state index contributed by atoms with van der Waals surface area (Å²) in [5, 5.41) is 0. The van der Waals surface area contributed by atoms with Crippen LogP contribution in [0.2, 0.25) is 0 Å². The monoisotopic (exact) mass is 253 g/mol. The van der Waals surface area contributed by atoms with Gasteiger partial charge in [0.25, 0.3) is 0 Å². The van der Waals surface area contributed by atoms with E-state index in [1.165, 1.54) is 11.9 Å². The molecule has 0 spiro atoms. The Balaban J connectivity index is 1.82. The van der Waals surface area contributed by atoms with Gasteiger partial charge in [0.2, 0.25) is 5.88 Å². The van der Waals surface area contributed by atoms with Gasteiger partial charge in [-0.3, -0.25) is 0 Å². The van der Waals surface area contributed by atoms with Crippen molar-refractivity contribution in [2.24, 2.45) is 0 Å². The SMILES string of the molecule is COc1ncnc2c1CN(Cc1ccccc1)C=C2. The van der Waals surface area contributed by atoms with Crippen molar-refractivity contribution in [1.82, 2.24) is 14.9 Å². The van der Waals surface area contributed by atoms with Crippen molar-refractivity contribution in [3.8, 4) is 5.88 Å². The zero-order valence-corrected chi connectivity index (χ0v) is 10.8. The number of hydrogen-bond acceptors (Lipinski definition) is 4. The van der Waals surface area contributed by atoms with Crippen LogP contribution in [0.5, 0.6) is 5.88 Å². The fourth-order valence-electron chi connectivity index (χ4n) is 2.24. The normalized spacial score (nSPS) is 13.2. The fourth-order valence-corrected chi connectivity index (χ4v) is 2.24. The smallest absolute Gasteiger partial charge is 0.221 e. The standard InChI is InChI=1S/C15H15N3O/c1-19-15-13-10-18(8-7-14(13)16-11-17-15)9-12-5-3-2-4-6-12/h2-8,11H,9-10H2,1H3. The second-order valence-electron chi connectivity index (χ2n) is 4.45. The Morgan fingerprint density at radius 3 is 2.84 bits per heavy atom. The molecule has 4 heteroatoms. The van der Waals surface area contributed by atoms with Crippen LogP contribution in [0.25, 0.3) is 6.08 Å². The molecule has 0 atom stereocenters. The van der Waals surface area contributed by atoms with Crippen LogP contribution in [0.3, 0.4) is 0 Å². The van der Waals surface area contributed by atoms with Gasteiger partial charge in [0.15, 0.2) is 0 Å². The molecule has 0 fully saturated rings. The summed E-state index contributed by atoms with van der Waals surface area (Å²) in [6, 6.07) is 10.4. The lowest BCUT2D eigenvalue weighted by Gasteiger charge is -2.25. The van der Waals surface area contributed by atoms with E-state index >= 15 is 0 Å². The molecule has 0 amide bonds. The first-order valence-corrected chi connectivity index (χ1v) is 6.21. The molecule has 1 aromatic heterocycles. The van der Waals surface area contributed by atoms with Crippen molar-refractivity contribution in [1.29, 1.82) is 0 Å². The maximum atomic E-state index is 5.30. The first-order valence-electron chi connectivity index (χ1n) is 6.21. The molecule has 2 heterocycles. The zero-order valence-electron chi connectivity index (χ0n) is 10.8. The number of hydrogen-bond donors (Lipinski definition) is 0. The summed E-state index contributed by atoms with van der Waals surface area (Å²) in [6.45, 7) is 1.64. The lowest BCUT2D eigenvalue weighted by molar-refractivity contribution is 0.336. The molecule has 0 aliphatic carbocycles. The van der Waals surface area contributed by atoms with E-state index in [-0.39, 0.29) is 0 Å². The molecular weight excluding hydrogens is 238 g/mol. The summed E-state index contributed by atoms with van der Waals surface area (Å²) in [4.78, 5) is 10.6. The third kappa shape index (κ3) is 2.42. The Morgan fingerprint density at radius 2 is 2.05 bits per heavy atom. The van der Waals surface area contributed by atoms with Crippen molar-refractivity contribution in [2.45, 2.75) is 13.1 Å². The highest BCUT2D eigenvalue weighted by Gasteiger charge is 2.17. The second-order valence-corrected chi connectivity index (χ2v) is 4.45. The average Bonchev–Trinajstić information content (AvgIpc) is 2.47. The van der Waals surface area contributed by atoms with Crippen LogP contribution in [0, 0.1) is 0 Å². The van der Waals surface area contributed by atoms with E-state index in [9.17, 15) is 0 Å². The molecule has 1 aliphatic heterocycles. The zero-order chi connectivity index (χ0) is 13.1. The van der Waals surface area contributed by atoms with Gasteiger partial charge in [-0.15, -0.1) is 0 Å². The molecule has 0 saturated carbocycles. The van der Waals surface area contributed by atoms with Crippen molar-refractivity contribution in [2.75, 3.05) is 7.11 Å². The Labute approximate surface area is 112 Å². The lowest BCUT2D eigenvalue weighted by atomic mass is 10.1. The lowest BCUT2D eigenvalue weighted by Crippen LogP contribution is -2.21. The molecule has 19 heavy (non-hydrogen) atoms. The number of nitrogens with zero attached hydrogens (tertiary/aromatic N) is 3. The summed E-state index contributed by atoms with van der Waals surface area (Å²) in [5.74, 6) is 0.660. The highest BCUT2D eigenvalue weighted by molar-refractivity contribution is 5.53. The van der Waals surface area contributed by atoms with E-state index in [0.717, 1.165) is 24.3 Å². The molecule has 0 saturated heterocycles. The molecule has 0 radical (unpaired) electrons. The van der Waals surface area contributed by atoms with E-state index in [1.807, 2.05) is 12.1 Å². The van der Waals surface area contributed by atoms with E-state index < -0.39 is 0 Å². The van der Waals surface area contributed by atoms with Crippen molar-refractivity contribution < 1.29 is 4.74 Å². The minimum atomic E-state index is 0.660. The van der Waals surface area contributed by atoms with Crippen LogP contribution in [0.1, 0.15) is 16.8 Å². The van der Waals surface area contributed by atoms with Crippen LogP contribution < -0.4 is 4.74 Å². The summed E-state index contributed by atoms with van der Waals surface area (Å²) in [5.41, 5.74) is 3.27. The fraction of sp³-hybridized carbons (Fsp3) is 0.200. The van der Waals surface area contributed by atoms with Crippen molar-refractivity contribution in [3.05, 3.63) is 59.7 Å². The highest BCUT2D eigenvalue weighted by Crippen LogP contribution is 2.25. The van der Waals surface area contributed by atoms with Crippen LogP contribution in [0.15, 0.2) is 42.9 Å². The molecule has 0 unspecified atom stereocenters. The Morgan fingerprint density at radius 1 is 1.21 bits per heavy atom. The molecule has 1 aromatic carbocycles. The predicted molar refractivity (Wildman–Crippen MR) is 73.3 cm³/mol. The Hall–Kier alpha value is -2.36. The maximum absolute atomic E-state index is 5.30. The number of aromatic nitrogens is 2. The number of ether oxygens (including phenoxy) is 1. The Bertz CT molecular complexity index is 596. The first-order chi connectivity index (χ1) is 9.36. The van der Waals surface area contributed by atoms with Gasteiger partial charge in [0.05, 0.1) is 24.9 Å². The molecular formula is C15H15N3O. The van der Waals surface area contributed by atoms with Gasteiger partial charge in [-0.2, -0.15) is 0 Å². The number of fused-ring (bicyclic) bond motifs is 1. The minimum absolute atomic E-state index is 0.660. The topological polar surface area (TPSA) is 38.3 Å². The molecule has 0 bridgehead atoms. The summed E-state index contributed by atoms with van der Waals surface area (Å²) in [6.07, 6.45) is 5.61. The molecule has 2 aromatic rings. The van der Waals surface area contributed by atoms with Crippen molar-refractivity contribution >= 4 is 6.08 Å². The van der Waals surface area contributed by atoms with Crippen LogP contribution >= 0.6 is 0 Å². The molecule has 4 nitrogen and oxygen atoms in total. The third-order valence-electron chi connectivity index (χ3n) is 3.17. The van der Waals surface area contributed by atoms with E-state index in [2.05, 4.69) is 45.3 Å². The van der Waals surface area contributed by atoms with Gasteiger partial charge in [-0.05, 0) is 11.6 Å². The molecule has 96 valence electrons. The van der Waals surface area contributed by atoms with Gasteiger partial charge in [-0.25, -0.2) is 9.97 Å². The minimum Gasteiger partial charge on any atom is -0.481 e. The average molecular weight is 253 g/mol. The van der Waals surface area contributed by atoms with Crippen LogP contribution in [-0.4, -0.2) is 22.0 Å². The number of methoxy groups -OCH3 is 1. The largest absolute Gasteiger partial charge is 0.481 e. The number of benzene rings is 1. The maximum Gasteiger partial charge on any atom is 0.221 e. The van der Waals surface area contributed by atoms with Gasteiger partial charge in [0.1, 0.15) is 6.33 Å². The Kier molecular flexibility index (Phi) is 3.14. The van der Waals surface area contributed by atoms with Gasteiger partial charge in [-0.1, -0.05) is 30.3 Å². The highest BCUT2D eigenvalue weighted by atomic mass is 16.5. The van der Waals surface area contributed by atoms with Crippen LogP contribution in [0.4, 0.5) is 0 Å². The van der Waals surface area contributed by atoms with Gasteiger partial charge < -0.3 is 9.64 Å². The number of rotatable bonds is 3. The van der Waals surface area contributed by atoms with Gasteiger partial charge >= 0.3 is 0 Å². The second kappa shape index (κ2) is 5.10.